The quantitative estimate of drug-likeness (QED) is 0.210. The second kappa shape index (κ2) is 14.1. The summed E-state index contributed by atoms with van der Waals surface area (Å²) in [5, 5.41) is 21.1. The molecule has 0 atom stereocenters. The normalized spacial score (nSPS) is 10.5. The van der Waals surface area contributed by atoms with Gasteiger partial charge in [0.05, 0.1) is 6.54 Å². The van der Waals surface area contributed by atoms with E-state index in [0.717, 1.165) is 28.9 Å². The smallest absolute Gasteiger partial charge is 0.352 e. The van der Waals surface area contributed by atoms with Crippen molar-refractivity contribution in [3.63, 3.8) is 0 Å². The number of halogens is 2. The molecule has 0 aliphatic heterocycles. The van der Waals surface area contributed by atoms with Gasteiger partial charge in [0.15, 0.2) is 0 Å². The van der Waals surface area contributed by atoms with Crippen LogP contribution in [0, 0.1) is 11.6 Å². The van der Waals surface area contributed by atoms with Gasteiger partial charge in [-0.1, -0.05) is 13.0 Å². The van der Waals surface area contributed by atoms with E-state index in [-0.39, 0.29) is 23.7 Å². The Morgan fingerprint density at radius 1 is 0.929 bits per heavy atom. The zero-order valence-corrected chi connectivity index (χ0v) is 23.5. The standard InChI is InChI=1S/C15H13FN2.C13H9FN2O2S.C3H6O2/c16-14-3-4-15-13(10-14)6-9-18(15)8-5-12-2-1-7-17-11-12;14-9-1-2-10-8(5-9)6-11(13(17)18)16(10)7-12-15-3-4-19-12;1-2-3(4)5/h1-4,6-7,9-11H,5,8H2;1-6H,7H2,(H,17,18);2H2,1H3,(H,4,5). The van der Waals surface area contributed by atoms with Crippen LogP contribution >= 0.6 is 11.3 Å². The number of pyridine rings is 1. The van der Waals surface area contributed by atoms with Crippen molar-refractivity contribution in [1.29, 1.82) is 0 Å². The molecule has 2 N–H and O–H groups in total. The van der Waals surface area contributed by atoms with Crippen LogP contribution in [0.25, 0.3) is 21.8 Å². The zero-order chi connectivity index (χ0) is 30.1. The predicted octanol–water partition coefficient (Wildman–Crippen LogP) is 6.88. The SMILES string of the molecule is CCC(=O)O.Fc1ccc2c(ccn2CCc2cccnc2)c1.O=C(O)c1cc2cc(F)ccc2n1Cc1nccs1. The fourth-order valence-electron chi connectivity index (χ4n) is 4.22. The maximum atomic E-state index is 13.2. The Morgan fingerprint density at radius 3 is 2.26 bits per heavy atom. The predicted molar refractivity (Wildman–Crippen MR) is 158 cm³/mol. The topological polar surface area (TPSA) is 110 Å². The van der Waals surface area contributed by atoms with Crippen LogP contribution in [0.1, 0.15) is 34.4 Å². The van der Waals surface area contributed by atoms with Gasteiger partial charge in [0, 0.05) is 64.9 Å². The van der Waals surface area contributed by atoms with E-state index in [1.807, 2.05) is 36.0 Å². The number of hydrogen-bond donors (Lipinski definition) is 2. The first-order chi connectivity index (χ1) is 20.2. The molecule has 42 heavy (non-hydrogen) atoms. The lowest BCUT2D eigenvalue weighted by Crippen LogP contribution is -2.09. The number of carboxylic acids is 2. The van der Waals surface area contributed by atoms with Crippen LogP contribution in [0.3, 0.4) is 0 Å². The first kappa shape index (κ1) is 30.1. The number of benzene rings is 2. The maximum absolute atomic E-state index is 13.2. The van der Waals surface area contributed by atoms with Crippen LogP contribution < -0.4 is 0 Å². The van der Waals surface area contributed by atoms with Crippen LogP contribution in [-0.4, -0.2) is 41.3 Å². The molecule has 6 aromatic rings. The number of fused-ring (bicyclic) bond motifs is 2. The molecule has 0 saturated carbocycles. The molecule has 0 spiro atoms. The van der Waals surface area contributed by atoms with Crippen molar-refractivity contribution in [3.8, 4) is 0 Å². The summed E-state index contributed by atoms with van der Waals surface area (Å²) in [6, 6.07) is 16.6. The van der Waals surface area contributed by atoms with Crippen LogP contribution in [0.5, 0.6) is 0 Å². The third-order valence-corrected chi connectivity index (χ3v) is 7.02. The van der Waals surface area contributed by atoms with Crippen molar-refractivity contribution in [2.45, 2.75) is 32.9 Å². The fraction of sp³-hybridized carbons (Fsp3) is 0.161. The summed E-state index contributed by atoms with van der Waals surface area (Å²) in [5.41, 5.74) is 3.10. The molecule has 0 fully saturated rings. The van der Waals surface area contributed by atoms with Crippen molar-refractivity contribution in [3.05, 3.63) is 119 Å². The molecule has 0 aliphatic rings. The van der Waals surface area contributed by atoms with Crippen LogP contribution in [-0.2, 0) is 24.3 Å². The molecule has 6 rings (SSSR count). The molecule has 4 heterocycles. The van der Waals surface area contributed by atoms with Crippen LogP contribution in [0.2, 0.25) is 0 Å². The second-order valence-electron chi connectivity index (χ2n) is 9.12. The summed E-state index contributed by atoms with van der Waals surface area (Å²) in [6.07, 6.45) is 8.48. The van der Waals surface area contributed by atoms with Gasteiger partial charge >= 0.3 is 11.9 Å². The Bertz CT molecular complexity index is 1780. The molecule has 0 aliphatic carbocycles. The lowest BCUT2D eigenvalue weighted by molar-refractivity contribution is -0.136. The number of aryl methyl sites for hydroxylation is 2. The summed E-state index contributed by atoms with van der Waals surface area (Å²) in [6.45, 7) is 2.84. The van der Waals surface area contributed by atoms with E-state index in [0.29, 0.717) is 17.4 Å². The van der Waals surface area contributed by atoms with Gasteiger partial charge < -0.3 is 19.3 Å². The Hall–Kier alpha value is -4.90. The first-order valence-corrected chi connectivity index (χ1v) is 13.9. The summed E-state index contributed by atoms with van der Waals surface area (Å²) in [5.74, 6) is -2.35. The van der Waals surface area contributed by atoms with E-state index in [4.69, 9.17) is 5.11 Å². The van der Waals surface area contributed by atoms with E-state index >= 15 is 0 Å². The number of aromatic carboxylic acids is 1. The number of thiazole rings is 1. The van der Waals surface area contributed by atoms with Gasteiger partial charge in [-0.25, -0.2) is 18.6 Å². The number of aromatic nitrogens is 4. The molecular formula is C31H28F2N4O4S. The average Bonchev–Trinajstić information content (AvgIpc) is 3.72. The van der Waals surface area contributed by atoms with Crippen LogP contribution in [0.4, 0.5) is 8.78 Å². The van der Waals surface area contributed by atoms with Gasteiger partial charge in [0.25, 0.3) is 0 Å². The molecule has 2 aromatic carbocycles. The van der Waals surface area contributed by atoms with Crippen molar-refractivity contribution >= 4 is 45.1 Å². The summed E-state index contributed by atoms with van der Waals surface area (Å²) >= 11 is 1.45. The highest BCUT2D eigenvalue weighted by molar-refractivity contribution is 7.09. The molecule has 0 radical (unpaired) electrons. The third-order valence-electron chi connectivity index (χ3n) is 6.26. The number of rotatable bonds is 7. The molecule has 8 nitrogen and oxygen atoms in total. The van der Waals surface area contributed by atoms with E-state index < -0.39 is 11.9 Å². The molecule has 0 amide bonds. The van der Waals surface area contributed by atoms with E-state index in [1.54, 1.807) is 36.0 Å². The van der Waals surface area contributed by atoms with Crippen LogP contribution in [0.15, 0.2) is 90.8 Å². The molecule has 0 bridgehead atoms. The fourth-order valence-corrected chi connectivity index (χ4v) is 4.82. The summed E-state index contributed by atoms with van der Waals surface area (Å²) < 4.78 is 30.0. The molecule has 0 unspecified atom stereocenters. The number of hydrogen-bond acceptors (Lipinski definition) is 5. The van der Waals surface area contributed by atoms with E-state index in [9.17, 15) is 23.5 Å². The Morgan fingerprint density at radius 2 is 1.64 bits per heavy atom. The minimum atomic E-state index is -1.03. The maximum Gasteiger partial charge on any atom is 0.352 e. The molecular weight excluding hydrogens is 562 g/mol. The number of carboxylic acid groups (broad SMARTS) is 2. The average molecular weight is 591 g/mol. The minimum Gasteiger partial charge on any atom is -0.481 e. The Labute approximate surface area is 244 Å². The second-order valence-corrected chi connectivity index (χ2v) is 10.1. The first-order valence-electron chi connectivity index (χ1n) is 13.0. The highest BCUT2D eigenvalue weighted by Crippen LogP contribution is 2.23. The highest BCUT2D eigenvalue weighted by Gasteiger charge is 2.16. The van der Waals surface area contributed by atoms with Crippen molar-refractivity contribution in [2.75, 3.05) is 0 Å². The van der Waals surface area contributed by atoms with Gasteiger partial charge in [-0.05, 0) is 66.6 Å². The van der Waals surface area contributed by atoms with E-state index in [2.05, 4.69) is 20.6 Å². The highest BCUT2D eigenvalue weighted by atomic mass is 32.1. The number of aliphatic carboxylic acids is 1. The molecule has 216 valence electrons. The summed E-state index contributed by atoms with van der Waals surface area (Å²) in [7, 11) is 0. The van der Waals surface area contributed by atoms with Crippen molar-refractivity contribution in [2.24, 2.45) is 0 Å². The van der Waals surface area contributed by atoms with Gasteiger partial charge in [-0.3, -0.25) is 9.78 Å². The largest absolute Gasteiger partial charge is 0.481 e. The Kier molecular flexibility index (Phi) is 10.1. The monoisotopic (exact) mass is 590 g/mol. The molecule has 0 saturated heterocycles. The molecule has 4 aromatic heterocycles. The molecule has 11 heteroatoms. The van der Waals surface area contributed by atoms with Crippen molar-refractivity contribution < 1.29 is 28.6 Å². The van der Waals surface area contributed by atoms with E-state index in [1.165, 1.54) is 41.2 Å². The number of nitrogens with zero attached hydrogens (tertiary/aromatic N) is 4. The van der Waals surface area contributed by atoms with Gasteiger partial charge in [-0.15, -0.1) is 11.3 Å². The zero-order valence-electron chi connectivity index (χ0n) is 22.7. The minimum absolute atomic E-state index is 0.135. The van der Waals surface area contributed by atoms with Gasteiger partial charge in [0.1, 0.15) is 22.3 Å². The lowest BCUT2D eigenvalue weighted by atomic mass is 10.2. The van der Waals surface area contributed by atoms with Gasteiger partial charge in [0.2, 0.25) is 0 Å². The number of carbonyl (C=O) groups is 2. The summed E-state index contributed by atoms with van der Waals surface area (Å²) in [4.78, 5) is 28.9. The van der Waals surface area contributed by atoms with Crippen molar-refractivity contribution in [1.82, 2.24) is 19.1 Å². The van der Waals surface area contributed by atoms with Gasteiger partial charge in [-0.2, -0.15) is 0 Å². The lowest BCUT2D eigenvalue weighted by Gasteiger charge is -2.05. The third kappa shape index (κ3) is 7.85. The Balaban J connectivity index is 0.000000167.